The predicted molar refractivity (Wildman–Crippen MR) is 186 cm³/mol. The summed E-state index contributed by atoms with van der Waals surface area (Å²) in [7, 11) is 0. The van der Waals surface area contributed by atoms with Crippen LogP contribution in [0, 0.1) is 12.8 Å². The summed E-state index contributed by atoms with van der Waals surface area (Å²) in [5.74, 6) is 0.00995. The zero-order valence-electron chi connectivity index (χ0n) is 26.3. The van der Waals surface area contributed by atoms with Crippen molar-refractivity contribution in [3.8, 4) is 11.5 Å². The molecule has 1 saturated heterocycles. The van der Waals surface area contributed by atoms with Gasteiger partial charge in [-0.3, -0.25) is 4.79 Å². The molecule has 3 aromatic carbocycles. The van der Waals surface area contributed by atoms with Gasteiger partial charge in [0.15, 0.2) is 5.75 Å². The van der Waals surface area contributed by atoms with Crippen LogP contribution in [-0.4, -0.2) is 56.0 Å². The summed E-state index contributed by atoms with van der Waals surface area (Å²) in [4.78, 5) is 11.5. The topological polar surface area (TPSA) is 91.9 Å². The summed E-state index contributed by atoms with van der Waals surface area (Å²) in [5, 5.41) is 21.5. The van der Waals surface area contributed by atoms with Gasteiger partial charge in [0, 0.05) is 30.2 Å². The SMILES string of the molecule is Cc1cc(Cl)c(OCCOc2ccc([C@H]3CCNC[C@@H]3C(=O)O)cc2)c(Cl)c1.Clc1ccc(CCNC2CC2)cc1CNC1CC1. The van der Waals surface area contributed by atoms with Crippen LogP contribution in [0.3, 0.4) is 0 Å². The average Bonchev–Trinajstić information content (AvgIpc) is 3.98. The Morgan fingerprint density at radius 1 is 0.870 bits per heavy atom. The van der Waals surface area contributed by atoms with E-state index < -0.39 is 11.9 Å². The molecule has 0 amide bonds. The molecule has 3 aliphatic rings. The van der Waals surface area contributed by atoms with Crippen LogP contribution in [0.25, 0.3) is 0 Å². The lowest BCUT2D eigenvalue weighted by atomic mass is 9.81. The Hall–Kier alpha value is -2.52. The van der Waals surface area contributed by atoms with E-state index in [4.69, 9.17) is 44.3 Å². The molecule has 4 N–H and O–H groups in total. The van der Waals surface area contributed by atoms with Gasteiger partial charge in [0.2, 0.25) is 0 Å². The van der Waals surface area contributed by atoms with Crippen molar-refractivity contribution in [1.29, 1.82) is 0 Å². The second-order valence-corrected chi connectivity index (χ2v) is 13.6. The quantitative estimate of drug-likeness (QED) is 0.131. The predicted octanol–water partition coefficient (Wildman–Crippen LogP) is 7.42. The van der Waals surface area contributed by atoms with Crippen molar-refractivity contribution in [1.82, 2.24) is 16.0 Å². The van der Waals surface area contributed by atoms with Gasteiger partial charge in [-0.05, 0) is 117 Å². The molecular weight excluding hydrogens is 645 g/mol. The van der Waals surface area contributed by atoms with Gasteiger partial charge in [-0.25, -0.2) is 0 Å². The minimum Gasteiger partial charge on any atom is -0.490 e. The number of nitrogens with one attached hydrogen (secondary N) is 3. The molecule has 3 fully saturated rings. The first-order valence-electron chi connectivity index (χ1n) is 16.3. The van der Waals surface area contributed by atoms with Crippen molar-refractivity contribution < 1.29 is 19.4 Å². The van der Waals surface area contributed by atoms with E-state index in [0.29, 0.717) is 41.3 Å². The molecule has 6 rings (SSSR count). The van der Waals surface area contributed by atoms with Gasteiger partial charge in [-0.15, -0.1) is 0 Å². The van der Waals surface area contributed by atoms with Gasteiger partial charge in [0.25, 0.3) is 0 Å². The number of carboxylic acid groups (broad SMARTS) is 1. The Morgan fingerprint density at radius 2 is 1.54 bits per heavy atom. The molecule has 3 aromatic rings. The molecule has 0 spiro atoms. The van der Waals surface area contributed by atoms with Crippen molar-refractivity contribution in [2.45, 2.75) is 70.0 Å². The minimum absolute atomic E-state index is 0.0157. The van der Waals surface area contributed by atoms with E-state index in [1.54, 1.807) is 12.1 Å². The molecule has 2 aliphatic carbocycles. The third-order valence-electron chi connectivity index (χ3n) is 8.54. The summed E-state index contributed by atoms with van der Waals surface area (Å²) in [6.07, 6.45) is 7.27. The first-order chi connectivity index (χ1) is 22.3. The van der Waals surface area contributed by atoms with Crippen LogP contribution in [0.4, 0.5) is 0 Å². The largest absolute Gasteiger partial charge is 0.490 e. The standard InChI is InChI=1S/C21H23Cl2NO4.C15H21ClN2/c1-13-10-18(22)20(19(23)11-13)28-9-8-27-15-4-2-14(3-5-15)16-6-7-24-12-17(16)21(25)26;16-15-6-1-11(7-8-17-13-2-3-13)9-12(15)10-18-14-4-5-14/h2-5,10-11,16-17,24H,6-9,12H2,1H3,(H,25,26);1,6,9,13-14,17-18H,2-5,7-8,10H2/t16-,17+;/m1./s1. The van der Waals surface area contributed by atoms with E-state index in [1.165, 1.54) is 36.8 Å². The Morgan fingerprint density at radius 3 is 2.22 bits per heavy atom. The van der Waals surface area contributed by atoms with Gasteiger partial charge in [-0.2, -0.15) is 0 Å². The van der Waals surface area contributed by atoms with E-state index in [0.717, 1.165) is 60.7 Å². The number of benzene rings is 3. The number of rotatable bonds is 14. The second-order valence-electron chi connectivity index (χ2n) is 12.4. The molecule has 0 unspecified atom stereocenters. The van der Waals surface area contributed by atoms with Gasteiger partial charge in [0.1, 0.15) is 19.0 Å². The third kappa shape index (κ3) is 10.8. The molecular formula is C36H44Cl3N3O4. The van der Waals surface area contributed by atoms with E-state index in [9.17, 15) is 9.90 Å². The molecule has 46 heavy (non-hydrogen) atoms. The average molecular weight is 689 g/mol. The monoisotopic (exact) mass is 687 g/mol. The lowest BCUT2D eigenvalue weighted by molar-refractivity contribution is -0.142. The maximum Gasteiger partial charge on any atom is 0.308 e. The molecule has 1 heterocycles. The fraction of sp³-hybridized carbons (Fsp3) is 0.472. The lowest BCUT2D eigenvalue weighted by Crippen LogP contribution is -2.39. The fourth-order valence-electron chi connectivity index (χ4n) is 5.62. The maximum absolute atomic E-state index is 11.5. The summed E-state index contributed by atoms with van der Waals surface area (Å²) < 4.78 is 11.4. The molecule has 2 saturated carbocycles. The van der Waals surface area contributed by atoms with Gasteiger partial charge >= 0.3 is 5.97 Å². The van der Waals surface area contributed by atoms with Crippen molar-refractivity contribution in [3.63, 3.8) is 0 Å². The van der Waals surface area contributed by atoms with Crippen molar-refractivity contribution in [3.05, 3.63) is 91.9 Å². The molecule has 0 bridgehead atoms. The van der Waals surface area contributed by atoms with Crippen LogP contribution in [0.5, 0.6) is 11.5 Å². The van der Waals surface area contributed by atoms with Crippen molar-refractivity contribution in [2.75, 3.05) is 32.8 Å². The maximum atomic E-state index is 11.5. The zero-order valence-corrected chi connectivity index (χ0v) is 28.6. The molecule has 1 aliphatic heterocycles. The van der Waals surface area contributed by atoms with Crippen LogP contribution < -0.4 is 25.4 Å². The Labute approximate surface area is 287 Å². The highest BCUT2D eigenvalue weighted by Gasteiger charge is 2.31. The van der Waals surface area contributed by atoms with Crippen LogP contribution in [0.2, 0.25) is 15.1 Å². The zero-order chi connectivity index (χ0) is 32.5. The summed E-state index contributed by atoms with van der Waals surface area (Å²) in [6.45, 7) is 5.88. The first-order valence-corrected chi connectivity index (χ1v) is 17.4. The molecule has 7 nitrogen and oxygen atoms in total. The van der Waals surface area contributed by atoms with Gasteiger partial charge in [0.05, 0.1) is 16.0 Å². The smallest absolute Gasteiger partial charge is 0.308 e. The number of piperidine rings is 1. The Balaban J connectivity index is 0.000000198. The van der Waals surface area contributed by atoms with Crippen LogP contribution >= 0.6 is 34.8 Å². The van der Waals surface area contributed by atoms with Crippen molar-refractivity contribution >= 4 is 40.8 Å². The van der Waals surface area contributed by atoms with E-state index in [1.807, 2.05) is 37.3 Å². The molecule has 10 heteroatoms. The highest BCUT2D eigenvalue weighted by Crippen LogP contribution is 2.34. The van der Waals surface area contributed by atoms with E-state index in [-0.39, 0.29) is 5.92 Å². The van der Waals surface area contributed by atoms with Gasteiger partial charge < -0.3 is 30.5 Å². The highest BCUT2D eigenvalue weighted by atomic mass is 35.5. The van der Waals surface area contributed by atoms with Gasteiger partial charge in [-0.1, -0.05) is 59.1 Å². The van der Waals surface area contributed by atoms with Crippen molar-refractivity contribution in [2.24, 2.45) is 5.92 Å². The van der Waals surface area contributed by atoms with E-state index in [2.05, 4.69) is 28.1 Å². The number of aryl methyl sites for hydroxylation is 1. The Kier molecular flexibility index (Phi) is 12.9. The molecule has 0 radical (unpaired) electrons. The minimum atomic E-state index is -0.761. The van der Waals surface area contributed by atoms with Crippen LogP contribution in [0.1, 0.15) is 60.3 Å². The number of carbonyl (C=O) groups is 1. The number of carboxylic acids is 1. The molecule has 0 aromatic heterocycles. The lowest BCUT2D eigenvalue weighted by Gasteiger charge is -2.29. The molecule has 248 valence electrons. The van der Waals surface area contributed by atoms with E-state index >= 15 is 0 Å². The van der Waals surface area contributed by atoms with Crippen LogP contribution in [0.15, 0.2) is 54.6 Å². The summed E-state index contributed by atoms with van der Waals surface area (Å²) in [6, 6.07) is 19.2. The highest BCUT2D eigenvalue weighted by molar-refractivity contribution is 6.37. The second kappa shape index (κ2) is 17.0. The fourth-order valence-corrected chi connectivity index (χ4v) is 6.51. The number of hydrogen-bond acceptors (Lipinski definition) is 6. The number of hydrogen-bond donors (Lipinski definition) is 4. The first kappa shape index (κ1) is 34.8. The summed E-state index contributed by atoms with van der Waals surface area (Å²) in [5.41, 5.74) is 4.63. The number of ether oxygens (including phenoxy) is 2. The number of halogens is 3. The molecule has 2 atom stereocenters. The summed E-state index contributed by atoms with van der Waals surface area (Å²) >= 11 is 18.6. The normalized spacial score (nSPS) is 19.2. The third-order valence-corrected chi connectivity index (χ3v) is 9.47. The number of aliphatic carboxylic acids is 1. The Bertz CT molecular complexity index is 1420. The van der Waals surface area contributed by atoms with Crippen LogP contribution in [-0.2, 0) is 17.8 Å².